The van der Waals surface area contributed by atoms with Crippen molar-refractivity contribution in [2.75, 3.05) is 33.3 Å². The van der Waals surface area contributed by atoms with Gasteiger partial charge in [-0.2, -0.15) is 0 Å². The zero-order valence-corrected chi connectivity index (χ0v) is 17.2. The number of carbonyl (C=O) groups is 2. The minimum atomic E-state index is -0.606. The second kappa shape index (κ2) is 8.39. The maximum Gasteiger partial charge on any atom is 0.290 e. The molecule has 3 heterocycles. The van der Waals surface area contributed by atoms with Crippen LogP contribution in [0.1, 0.15) is 34.1 Å². The van der Waals surface area contributed by atoms with Crippen molar-refractivity contribution in [3.8, 4) is 5.75 Å². The third kappa shape index (κ3) is 3.80. The smallest absolute Gasteiger partial charge is 0.290 e. The van der Waals surface area contributed by atoms with Crippen LogP contribution in [0.15, 0.2) is 53.1 Å². The highest BCUT2D eigenvalue weighted by Crippen LogP contribution is 2.39. The molecule has 2 aliphatic rings. The van der Waals surface area contributed by atoms with Gasteiger partial charge in [-0.25, -0.2) is 0 Å². The molecule has 0 aliphatic carbocycles. The van der Waals surface area contributed by atoms with Crippen molar-refractivity contribution in [3.05, 3.63) is 63.6 Å². The molecule has 6 nitrogen and oxygen atoms in total. The van der Waals surface area contributed by atoms with Crippen molar-refractivity contribution >= 4 is 23.0 Å². The molecule has 1 aromatic heterocycles. The van der Waals surface area contributed by atoms with Crippen molar-refractivity contribution < 1.29 is 19.4 Å². The molecular formula is C22H24N2O4S. The molecule has 1 aromatic carbocycles. The van der Waals surface area contributed by atoms with Crippen LogP contribution in [0.25, 0.3) is 0 Å². The molecule has 1 saturated heterocycles. The first-order valence-electron chi connectivity index (χ1n) is 9.78. The van der Waals surface area contributed by atoms with Crippen molar-refractivity contribution in [2.24, 2.45) is 0 Å². The van der Waals surface area contributed by atoms with Crippen molar-refractivity contribution in [1.29, 1.82) is 0 Å². The minimum absolute atomic E-state index is 0.157. The number of carbonyl (C=O) groups excluding carboxylic acids is 2. The molecule has 1 unspecified atom stereocenters. The van der Waals surface area contributed by atoms with E-state index in [0.29, 0.717) is 17.2 Å². The van der Waals surface area contributed by atoms with Crippen LogP contribution in [-0.4, -0.2) is 59.9 Å². The molecular weight excluding hydrogens is 388 g/mol. The van der Waals surface area contributed by atoms with Gasteiger partial charge >= 0.3 is 0 Å². The molecule has 7 heteroatoms. The Morgan fingerprint density at radius 2 is 1.90 bits per heavy atom. The topological polar surface area (TPSA) is 70.1 Å². The van der Waals surface area contributed by atoms with Gasteiger partial charge in [-0.05, 0) is 55.1 Å². The molecule has 2 aliphatic heterocycles. The highest BCUT2D eigenvalue weighted by Gasteiger charge is 2.43. The number of nitrogens with zero attached hydrogens (tertiary/aromatic N) is 2. The summed E-state index contributed by atoms with van der Waals surface area (Å²) in [7, 11) is 1.59. The number of ether oxygens (including phenoxy) is 1. The number of hydrogen-bond donors (Lipinski definition) is 1. The summed E-state index contributed by atoms with van der Waals surface area (Å²) in [5.74, 6) is -0.521. The van der Waals surface area contributed by atoms with Crippen LogP contribution < -0.4 is 4.74 Å². The van der Waals surface area contributed by atoms with Gasteiger partial charge in [-0.1, -0.05) is 18.2 Å². The van der Waals surface area contributed by atoms with Crippen molar-refractivity contribution in [1.82, 2.24) is 9.80 Å². The molecule has 0 saturated carbocycles. The van der Waals surface area contributed by atoms with E-state index in [0.717, 1.165) is 25.2 Å². The molecule has 152 valence electrons. The van der Waals surface area contributed by atoms with Crippen LogP contribution in [0.2, 0.25) is 0 Å². The van der Waals surface area contributed by atoms with E-state index in [9.17, 15) is 14.7 Å². The Labute approximate surface area is 174 Å². The quantitative estimate of drug-likeness (QED) is 0.706. The first-order chi connectivity index (χ1) is 14.1. The average Bonchev–Trinajstić information content (AvgIpc) is 3.49. The zero-order valence-electron chi connectivity index (χ0n) is 16.3. The van der Waals surface area contributed by atoms with Gasteiger partial charge in [-0.15, -0.1) is 11.3 Å². The van der Waals surface area contributed by atoms with Crippen molar-refractivity contribution in [3.63, 3.8) is 0 Å². The van der Waals surface area contributed by atoms with Gasteiger partial charge < -0.3 is 19.6 Å². The number of ketones is 1. The number of thiophene rings is 1. The predicted octanol–water partition coefficient (Wildman–Crippen LogP) is 3.43. The minimum Gasteiger partial charge on any atom is -0.503 e. The van der Waals surface area contributed by atoms with E-state index >= 15 is 0 Å². The SMILES string of the molecule is COc1ccc(C2C(C(=O)c3cccs3)=C(O)C(=O)N2CCN2CCCC2)cc1. The Balaban J connectivity index is 1.68. The molecule has 0 spiro atoms. The summed E-state index contributed by atoms with van der Waals surface area (Å²) < 4.78 is 5.24. The number of hydrogen-bond acceptors (Lipinski definition) is 6. The summed E-state index contributed by atoms with van der Waals surface area (Å²) in [6.45, 7) is 3.23. The summed E-state index contributed by atoms with van der Waals surface area (Å²) in [5.41, 5.74) is 0.938. The molecule has 0 radical (unpaired) electrons. The average molecular weight is 413 g/mol. The Bertz CT molecular complexity index is 915. The van der Waals surface area contributed by atoms with Gasteiger partial charge in [0.15, 0.2) is 5.76 Å². The Hall–Kier alpha value is -2.64. The fourth-order valence-electron chi connectivity index (χ4n) is 4.04. The number of amides is 1. The highest BCUT2D eigenvalue weighted by atomic mass is 32.1. The van der Waals surface area contributed by atoms with Crippen LogP contribution in [0.3, 0.4) is 0 Å². The van der Waals surface area contributed by atoms with Crippen LogP contribution in [0.4, 0.5) is 0 Å². The van der Waals surface area contributed by atoms with E-state index in [1.54, 1.807) is 36.3 Å². The molecule has 1 N–H and O–H groups in total. The standard InChI is InChI=1S/C22H24N2O4S/c1-28-16-8-6-15(7-9-16)19-18(20(25)17-5-4-14-29-17)21(26)22(27)24(19)13-12-23-10-2-3-11-23/h4-9,14,19,26H,2-3,10-13H2,1H3. The van der Waals surface area contributed by atoms with Gasteiger partial charge in [0.2, 0.25) is 5.78 Å². The van der Waals surface area contributed by atoms with Crippen molar-refractivity contribution in [2.45, 2.75) is 18.9 Å². The molecule has 1 amide bonds. The van der Waals surface area contributed by atoms with E-state index in [1.807, 2.05) is 17.5 Å². The fourth-order valence-corrected chi connectivity index (χ4v) is 4.72. The number of aliphatic hydroxyl groups is 1. The first-order valence-corrected chi connectivity index (χ1v) is 10.7. The lowest BCUT2D eigenvalue weighted by molar-refractivity contribution is -0.129. The zero-order chi connectivity index (χ0) is 20.4. The number of benzene rings is 1. The van der Waals surface area contributed by atoms with E-state index in [-0.39, 0.29) is 11.4 Å². The van der Waals surface area contributed by atoms with Crippen LogP contribution >= 0.6 is 11.3 Å². The molecule has 1 fully saturated rings. The predicted molar refractivity (Wildman–Crippen MR) is 111 cm³/mol. The monoisotopic (exact) mass is 412 g/mol. The summed E-state index contributed by atoms with van der Waals surface area (Å²) >= 11 is 1.31. The first kappa shape index (κ1) is 19.7. The maximum atomic E-state index is 13.2. The van der Waals surface area contributed by atoms with Gasteiger partial charge in [0, 0.05) is 13.1 Å². The third-order valence-corrected chi connectivity index (χ3v) is 6.45. The normalized spacial score (nSPS) is 20.0. The van der Waals surface area contributed by atoms with Gasteiger partial charge in [0.05, 0.1) is 23.6 Å². The molecule has 2 aromatic rings. The second-order valence-corrected chi connectivity index (χ2v) is 8.24. The van der Waals surface area contributed by atoms with Gasteiger partial charge in [0.1, 0.15) is 5.75 Å². The van der Waals surface area contributed by atoms with Crippen LogP contribution in [-0.2, 0) is 4.79 Å². The second-order valence-electron chi connectivity index (χ2n) is 7.29. The molecule has 0 bridgehead atoms. The lowest BCUT2D eigenvalue weighted by Crippen LogP contribution is -2.37. The number of methoxy groups -OCH3 is 1. The van der Waals surface area contributed by atoms with E-state index < -0.39 is 17.7 Å². The largest absolute Gasteiger partial charge is 0.503 e. The number of rotatable bonds is 7. The summed E-state index contributed by atoms with van der Waals surface area (Å²) in [6.07, 6.45) is 2.34. The summed E-state index contributed by atoms with van der Waals surface area (Å²) in [4.78, 5) is 30.5. The number of Topliss-reactive ketones (excluding diaryl/α,β-unsaturated/α-hetero) is 1. The summed E-state index contributed by atoms with van der Waals surface area (Å²) in [5, 5.41) is 12.5. The van der Waals surface area contributed by atoms with Gasteiger partial charge in [-0.3, -0.25) is 9.59 Å². The van der Waals surface area contributed by atoms with E-state index in [1.165, 1.54) is 24.2 Å². The van der Waals surface area contributed by atoms with Crippen LogP contribution in [0, 0.1) is 0 Å². The van der Waals surface area contributed by atoms with Crippen LogP contribution in [0.5, 0.6) is 5.75 Å². The van der Waals surface area contributed by atoms with E-state index in [4.69, 9.17) is 4.74 Å². The Kier molecular flexibility index (Phi) is 5.69. The van der Waals surface area contributed by atoms with Gasteiger partial charge in [0.25, 0.3) is 5.91 Å². The molecule has 4 rings (SSSR count). The number of likely N-dealkylation sites (tertiary alicyclic amines) is 1. The Morgan fingerprint density at radius 1 is 1.17 bits per heavy atom. The molecule has 1 atom stereocenters. The lowest BCUT2D eigenvalue weighted by Gasteiger charge is -2.28. The number of aliphatic hydroxyl groups excluding tert-OH is 1. The Morgan fingerprint density at radius 3 is 2.52 bits per heavy atom. The maximum absolute atomic E-state index is 13.2. The highest BCUT2D eigenvalue weighted by molar-refractivity contribution is 7.12. The summed E-state index contributed by atoms with van der Waals surface area (Å²) in [6, 6.07) is 10.2. The fraction of sp³-hybridized carbons (Fsp3) is 0.364. The lowest BCUT2D eigenvalue weighted by atomic mass is 9.95. The van der Waals surface area contributed by atoms with E-state index in [2.05, 4.69) is 4.90 Å². The molecule has 29 heavy (non-hydrogen) atoms. The third-order valence-electron chi connectivity index (χ3n) is 5.58.